The number of para-hydroxylation sites is 2. The molecule has 1 aliphatic rings. The fraction of sp³-hybridized carbons (Fsp3) is 0.412. The Balaban J connectivity index is 1.64. The summed E-state index contributed by atoms with van der Waals surface area (Å²) in [6, 6.07) is 7.26. The van der Waals surface area contributed by atoms with E-state index in [0.717, 1.165) is 0 Å². The Hall–Kier alpha value is -3.10. The topological polar surface area (TPSA) is 103 Å². The number of nitrogens with zero attached hydrogens (tertiary/aromatic N) is 4. The van der Waals surface area contributed by atoms with E-state index >= 15 is 0 Å². The number of ether oxygens (including phenoxy) is 1. The number of aromatic nitrogens is 2. The number of amides is 1. The maximum Gasteiger partial charge on any atom is 0.406 e. The van der Waals surface area contributed by atoms with Crippen LogP contribution in [-0.4, -0.2) is 40.6 Å². The van der Waals surface area contributed by atoms with E-state index in [4.69, 9.17) is 4.74 Å². The highest BCUT2D eigenvalue weighted by atomic mass is 16.6. The second-order valence-electron chi connectivity index (χ2n) is 6.21. The molecule has 0 radical (unpaired) electrons. The van der Waals surface area contributed by atoms with Gasteiger partial charge in [-0.3, -0.25) is 9.36 Å². The molecular formula is C17H21N5O4. The average Bonchev–Trinajstić information content (AvgIpc) is 3.04. The Morgan fingerprint density at radius 1 is 1.35 bits per heavy atom. The van der Waals surface area contributed by atoms with E-state index in [2.05, 4.69) is 10.3 Å². The summed E-state index contributed by atoms with van der Waals surface area (Å²) in [4.78, 5) is 29.0. The number of methoxy groups -OCH3 is 1. The molecule has 0 bridgehead atoms. The number of aryl methyl sites for hydroxylation is 1. The molecule has 0 atom stereocenters. The van der Waals surface area contributed by atoms with Crippen LogP contribution in [0, 0.1) is 16.0 Å². The van der Waals surface area contributed by atoms with Crippen molar-refractivity contribution in [3.8, 4) is 5.75 Å². The van der Waals surface area contributed by atoms with Crippen LogP contribution in [0.3, 0.4) is 0 Å². The molecule has 1 fully saturated rings. The molecule has 9 nitrogen and oxygen atoms in total. The van der Waals surface area contributed by atoms with Crippen LogP contribution in [0.25, 0.3) is 0 Å². The molecule has 138 valence electrons. The van der Waals surface area contributed by atoms with Crippen molar-refractivity contribution >= 4 is 23.2 Å². The van der Waals surface area contributed by atoms with Crippen LogP contribution in [0.5, 0.6) is 5.75 Å². The van der Waals surface area contributed by atoms with Gasteiger partial charge in [0.15, 0.2) is 0 Å². The highest BCUT2D eigenvalue weighted by Crippen LogP contribution is 2.31. The van der Waals surface area contributed by atoms with Crippen molar-refractivity contribution in [2.75, 3.05) is 30.4 Å². The van der Waals surface area contributed by atoms with E-state index < -0.39 is 4.92 Å². The van der Waals surface area contributed by atoms with Gasteiger partial charge < -0.3 is 25.1 Å². The molecule has 26 heavy (non-hydrogen) atoms. The van der Waals surface area contributed by atoms with Crippen LogP contribution in [-0.2, 0) is 11.8 Å². The molecule has 0 spiro atoms. The standard InChI is InChI=1S/C17H21N5O4/c1-20-11-18-15(22(24)25)17(20)21-9-7-12(8-10-21)16(23)19-13-5-3-4-6-14(13)26-2/h3-6,11-12H,7-10H2,1-2H3,(H,19,23). The minimum absolute atomic E-state index is 0.0614. The van der Waals surface area contributed by atoms with Gasteiger partial charge in [-0.2, -0.15) is 0 Å². The number of hydrogen-bond acceptors (Lipinski definition) is 6. The molecule has 2 heterocycles. The van der Waals surface area contributed by atoms with Gasteiger partial charge in [0, 0.05) is 26.1 Å². The molecule has 1 aromatic carbocycles. The summed E-state index contributed by atoms with van der Waals surface area (Å²) < 4.78 is 6.90. The summed E-state index contributed by atoms with van der Waals surface area (Å²) in [5, 5.41) is 14.1. The first-order chi connectivity index (χ1) is 12.5. The molecule has 0 unspecified atom stereocenters. The summed E-state index contributed by atoms with van der Waals surface area (Å²) >= 11 is 0. The van der Waals surface area contributed by atoms with Gasteiger partial charge in [0.25, 0.3) is 0 Å². The van der Waals surface area contributed by atoms with Gasteiger partial charge in [0.2, 0.25) is 18.1 Å². The molecule has 1 N–H and O–H groups in total. The van der Waals surface area contributed by atoms with Crippen molar-refractivity contribution < 1.29 is 14.5 Å². The molecule has 1 amide bonds. The smallest absolute Gasteiger partial charge is 0.406 e. The van der Waals surface area contributed by atoms with Crippen LogP contribution in [0.15, 0.2) is 30.6 Å². The zero-order valence-corrected chi connectivity index (χ0v) is 14.7. The number of piperidine rings is 1. The Morgan fingerprint density at radius 3 is 2.69 bits per heavy atom. The number of nitrogens with one attached hydrogen (secondary N) is 1. The lowest BCUT2D eigenvalue weighted by molar-refractivity contribution is -0.388. The Kier molecular flexibility index (Phi) is 5.06. The molecule has 1 aliphatic heterocycles. The van der Waals surface area contributed by atoms with Gasteiger partial charge in [0.1, 0.15) is 5.75 Å². The number of rotatable bonds is 5. The zero-order valence-electron chi connectivity index (χ0n) is 14.7. The molecule has 0 saturated carbocycles. The molecule has 2 aromatic rings. The van der Waals surface area contributed by atoms with E-state index in [1.807, 2.05) is 17.0 Å². The van der Waals surface area contributed by atoms with Crippen molar-refractivity contribution in [1.29, 1.82) is 0 Å². The predicted octanol–water partition coefficient (Wildman–Crippen LogP) is 2.19. The monoisotopic (exact) mass is 359 g/mol. The molecule has 3 rings (SSSR count). The van der Waals surface area contributed by atoms with E-state index in [1.54, 1.807) is 30.9 Å². The lowest BCUT2D eigenvalue weighted by Gasteiger charge is -2.32. The van der Waals surface area contributed by atoms with Crippen LogP contribution in [0.4, 0.5) is 17.3 Å². The van der Waals surface area contributed by atoms with Crippen LogP contribution in [0.1, 0.15) is 12.8 Å². The maximum absolute atomic E-state index is 12.6. The van der Waals surface area contributed by atoms with E-state index in [-0.39, 0.29) is 17.6 Å². The van der Waals surface area contributed by atoms with Gasteiger partial charge in [-0.05, 0) is 34.9 Å². The normalized spacial score (nSPS) is 14.9. The SMILES string of the molecule is COc1ccccc1NC(=O)C1CCN(c2c([N+](=O)[O-])ncn2C)CC1. The fourth-order valence-corrected chi connectivity index (χ4v) is 3.24. The predicted molar refractivity (Wildman–Crippen MR) is 96.4 cm³/mol. The lowest BCUT2D eigenvalue weighted by atomic mass is 9.95. The van der Waals surface area contributed by atoms with Crippen molar-refractivity contribution in [1.82, 2.24) is 9.55 Å². The Bertz CT molecular complexity index is 811. The largest absolute Gasteiger partial charge is 0.495 e. The molecule has 1 aromatic heterocycles. The maximum atomic E-state index is 12.6. The number of anilines is 2. The van der Waals surface area contributed by atoms with E-state index in [1.165, 1.54) is 6.33 Å². The number of hydrogen-bond donors (Lipinski definition) is 1. The fourth-order valence-electron chi connectivity index (χ4n) is 3.24. The highest BCUT2D eigenvalue weighted by molar-refractivity contribution is 5.94. The third kappa shape index (κ3) is 3.46. The molecule has 0 aliphatic carbocycles. The first kappa shape index (κ1) is 17.7. The highest BCUT2D eigenvalue weighted by Gasteiger charge is 2.31. The number of carbonyl (C=O) groups excluding carboxylic acids is 1. The molecule has 9 heteroatoms. The van der Waals surface area contributed by atoms with Crippen molar-refractivity contribution in [3.63, 3.8) is 0 Å². The van der Waals surface area contributed by atoms with Gasteiger partial charge in [-0.25, -0.2) is 0 Å². The first-order valence-electron chi connectivity index (χ1n) is 8.35. The first-order valence-corrected chi connectivity index (χ1v) is 8.35. The summed E-state index contributed by atoms with van der Waals surface area (Å²) in [6.07, 6.45) is 2.67. The quantitative estimate of drug-likeness (QED) is 0.648. The van der Waals surface area contributed by atoms with Gasteiger partial charge in [-0.1, -0.05) is 12.1 Å². The van der Waals surface area contributed by atoms with Gasteiger partial charge >= 0.3 is 5.82 Å². The number of carbonyl (C=O) groups is 1. The Morgan fingerprint density at radius 2 is 2.04 bits per heavy atom. The number of benzene rings is 1. The van der Waals surface area contributed by atoms with Gasteiger partial charge in [-0.15, -0.1) is 0 Å². The third-order valence-electron chi connectivity index (χ3n) is 4.59. The molecular weight excluding hydrogens is 338 g/mol. The van der Waals surface area contributed by atoms with E-state index in [0.29, 0.717) is 43.2 Å². The Labute approximate surface area is 150 Å². The van der Waals surface area contributed by atoms with Gasteiger partial charge in [0.05, 0.1) is 12.8 Å². The van der Waals surface area contributed by atoms with Crippen molar-refractivity contribution in [2.45, 2.75) is 12.8 Å². The minimum atomic E-state index is -0.476. The third-order valence-corrected chi connectivity index (χ3v) is 4.59. The zero-order chi connectivity index (χ0) is 18.7. The summed E-state index contributed by atoms with van der Waals surface area (Å²) in [7, 11) is 3.29. The minimum Gasteiger partial charge on any atom is -0.495 e. The van der Waals surface area contributed by atoms with E-state index in [9.17, 15) is 14.9 Å². The lowest BCUT2D eigenvalue weighted by Crippen LogP contribution is -2.39. The van der Waals surface area contributed by atoms with Crippen LogP contribution >= 0.6 is 0 Å². The second kappa shape index (κ2) is 7.42. The number of imidazole rings is 1. The van der Waals surface area contributed by atoms with Crippen LogP contribution < -0.4 is 15.0 Å². The number of nitro groups is 1. The average molecular weight is 359 g/mol. The van der Waals surface area contributed by atoms with Crippen molar-refractivity contribution in [2.24, 2.45) is 13.0 Å². The summed E-state index contributed by atoms with van der Waals surface area (Å²) in [5.41, 5.74) is 0.643. The molecule has 1 saturated heterocycles. The summed E-state index contributed by atoms with van der Waals surface area (Å²) in [6.45, 7) is 1.12. The van der Waals surface area contributed by atoms with Crippen LogP contribution in [0.2, 0.25) is 0 Å². The van der Waals surface area contributed by atoms with Crippen molar-refractivity contribution in [3.05, 3.63) is 40.7 Å². The summed E-state index contributed by atoms with van der Waals surface area (Å²) in [5.74, 6) is 0.740. The second-order valence-corrected chi connectivity index (χ2v) is 6.21.